The molecule has 1 fully saturated rings. The third-order valence-electron chi connectivity index (χ3n) is 3.11. The van der Waals surface area contributed by atoms with Crippen molar-refractivity contribution in [3.05, 3.63) is 18.0 Å². The van der Waals surface area contributed by atoms with E-state index < -0.39 is 0 Å². The summed E-state index contributed by atoms with van der Waals surface area (Å²) in [7, 11) is 1.90. The first-order valence-electron chi connectivity index (χ1n) is 6.09. The van der Waals surface area contributed by atoms with Crippen LogP contribution in [-0.2, 0) is 18.4 Å². The molecule has 1 atom stereocenters. The molecule has 0 aliphatic carbocycles. The van der Waals surface area contributed by atoms with Crippen molar-refractivity contribution in [3.8, 4) is 0 Å². The van der Waals surface area contributed by atoms with E-state index in [1.807, 2.05) is 22.7 Å². The molecule has 5 nitrogen and oxygen atoms in total. The number of nitrogens with one attached hydrogen (secondary N) is 1. The van der Waals surface area contributed by atoms with Crippen LogP contribution in [-0.4, -0.2) is 39.2 Å². The van der Waals surface area contributed by atoms with E-state index in [0.717, 1.165) is 18.7 Å². The molecule has 0 spiro atoms. The maximum Gasteiger partial charge on any atom is 0.240 e. The Morgan fingerprint density at radius 3 is 2.94 bits per heavy atom. The van der Waals surface area contributed by atoms with Crippen molar-refractivity contribution in [2.45, 2.75) is 38.9 Å². The van der Waals surface area contributed by atoms with Gasteiger partial charge in [0.25, 0.3) is 0 Å². The van der Waals surface area contributed by atoms with Crippen LogP contribution in [0.3, 0.4) is 0 Å². The zero-order valence-corrected chi connectivity index (χ0v) is 10.7. The molecule has 0 aromatic carbocycles. The minimum absolute atomic E-state index is 0.0109. The smallest absolute Gasteiger partial charge is 0.240 e. The minimum atomic E-state index is -0.0109. The molecule has 1 saturated heterocycles. The van der Waals surface area contributed by atoms with Crippen LogP contribution in [0.5, 0.6) is 0 Å². The number of aromatic nitrogens is 2. The molecule has 1 amide bonds. The number of carbonyl (C=O) groups is 1. The summed E-state index contributed by atoms with van der Waals surface area (Å²) in [4.78, 5) is 14.0. The van der Waals surface area contributed by atoms with Crippen LogP contribution >= 0.6 is 0 Å². The van der Waals surface area contributed by atoms with Crippen molar-refractivity contribution in [2.75, 3.05) is 6.54 Å². The monoisotopic (exact) mass is 236 g/mol. The summed E-state index contributed by atoms with van der Waals surface area (Å²) < 4.78 is 1.82. The molecule has 0 saturated carbocycles. The molecule has 1 aromatic heterocycles. The first-order valence-corrected chi connectivity index (χ1v) is 6.09. The molecular formula is C12H20N4O. The lowest BCUT2D eigenvalue weighted by Gasteiger charge is -2.18. The highest BCUT2D eigenvalue weighted by atomic mass is 16.2. The molecule has 5 heteroatoms. The molecule has 1 aliphatic rings. The number of carbonyl (C=O) groups excluding carboxylic acids is 1. The van der Waals surface area contributed by atoms with Gasteiger partial charge in [-0.2, -0.15) is 5.10 Å². The zero-order chi connectivity index (χ0) is 12.4. The van der Waals surface area contributed by atoms with Gasteiger partial charge in [0.2, 0.25) is 5.91 Å². The molecule has 2 rings (SSSR count). The van der Waals surface area contributed by atoms with Gasteiger partial charge >= 0.3 is 0 Å². The van der Waals surface area contributed by atoms with Crippen molar-refractivity contribution in [1.29, 1.82) is 0 Å². The number of rotatable bonds is 4. The number of nitrogens with zero attached hydrogens (tertiary/aromatic N) is 3. The maximum absolute atomic E-state index is 12.1. The van der Waals surface area contributed by atoms with Gasteiger partial charge in [-0.1, -0.05) is 13.8 Å². The van der Waals surface area contributed by atoms with E-state index >= 15 is 0 Å². The van der Waals surface area contributed by atoms with Crippen molar-refractivity contribution < 1.29 is 4.79 Å². The van der Waals surface area contributed by atoms with E-state index in [0.29, 0.717) is 12.6 Å². The fourth-order valence-electron chi connectivity index (χ4n) is 2.20. The summed E-state index contributed by atoms with van der Waals surface area (Å²) in [5, 5.41) is 7.42. The summed E-state index contributed by atoms with van der Waals surface area (Å²) in [6.45, 7) is 5.62. The predicted octanol–water partition coefficient (Wildman–Crippen LogP) is 0.519. The molecular weight excluding hydrogens is 216 g/mol. The van der Waals surface area contributed by atoms with Gasteiger partial charge < -0.3 is 10.2 Å². The summed E-state index contributed by atoms with van der Waals surface area (Å²) in [5.41, 5.74) is 1.07. The Labute approximate surface area is 102 Å². The normalized spacial score (nSPS) is 20.6. The topological polar surface area (TPSA) is 50.2 Å². The van der Waals surface area contributed by atoms with Crippen molar-refractivity contribution in [2.24, 2.45) is 7.05 Å². The minimum Gasteiger partial charge on any atom is -0.335 e. The van der Waals surface area contributed by atoms with Gasteiger partial charge in [0, 0.05) is 25.8 Å². The quantitative estimate of drug-likeness (QED) is 0.829. The largest absolute Gasteiger partial charge is 0.335 e. The summed E-state index contributed by atoms with van der Waals surface area (Å²) in [6.07, 6.45) is 2.66. The molecule has 1 aromatic rings. The lowest BCUT2D eigenvalue weighted by atomic mass is 10.2. The highest BCUT2D eigenvalue weighted by molar-refractivity contribution is 5.83. The Morgan fingerprint density at radius 1 is 1.59 bits per heavy atom. The summed E-state index contributed by atoms with van der Waals surface area (Å²) in [6, 6.07) is 2.29. The van der Waals surface area contributed by atoms with Crippen LogP contribution in [0.1, 0.15) is 26.0 Å². The second kappa shape index (κ2) is 4.87. The van der Waals surface area contributed by atoms with Crippen molar-refractivity contribution in [1.82, 2.24) is 20.0 Å². The SMILES string of the molecule is CC(C)NC1CCN(Cc2ccnn2C)C1=O. The second-order valence-corrected chi connectivity index (χ2v) is 4.87. The third kappa shape index (κ3) is 2.66. The standard InChI is InChI=1S/C12H20N4O/c1-9(2)14-11-5-7-16(12(11)17)8-10-4-6-13-15(10)3/h4,6,9,11,14H,5,7-8H2,1-3H3. The Morgan fingerprint density at radius 2 is 2.35 bits per heavy atom. The maximum atomic E-state index is 12.1. The Bertz CT molecular complexity index is 399. The number of likely N-dealkylation sites (tertiary alicyclic amines) is 1. The molecule has 0 radical (unpaired) electrons. The molecule has 2 heterocycles. The lowest BCUT2D eigenvalue weighted by molar-refractivity contribution is -0.130. The Balaban J connectivity index is 1.96. The van der Waals surface area contributed by atoms with Gasteiger partial charge in [0.1, 0.15) is 0 Å². The van der Waals surface area contributed by atoms with Gasteiger partial charge in [0.05, 0.1) is 18.3 Å². The second-order valence-electron chi connectivity index (χ2n) is 4.87. The van der Waals surface area contributed by atoms with Crippen molar-refractivity contribution >= 4 is 5.91 Å². The van der Waals surface area contributed by atoms with Crippen LogP contribution in [0, 0.1) is 0 Å². The zero-order valence-electron chi connectivity index (χ0n) is 10.7. The first kappa shape index (κ1) is 12.1. The van der Waals surface area contributed by atoms with E-state index in [2.05, 4.69) is 24.3 Å². The molecule has 1 unspecified atom stereocenters. The van der Waals surface area contributed by atoms with Gasteiger partial charge in [0.15, 0.2) is 0 Å². The average Bonchev–Trinajstić information content (AvgIpc) is 2.79. The number of amides is 1. The van der Waals surface area contributed by atoms with Crippen LogP contribution in [0.4, 0.5) is 0 Å². The Kier molecular flexibility index (Phi) is 3.47. The van der Waals surface area contributed by atoms with Crippen LogP contribution in [0.2, 0.25) is 0 Å². The van der Waals surface area contributed by atoms with Gasteiger partial charge in [-0.05, 0) is 12.5 Å². The van der Waals surface area contributed by atoms with Gasteiger partial charge in [-0.15, -0.1) is 0 Å². The highest BCUT2D eigenvalue weighted by Gasteiger charge is 2.31. The lowest BCUT2D eigenvalue weighted by Crippen LogP contribution is -2.41. The van der Waals surface area contributed by atoms with Crippen LogP contribution in [0.15, 0.2) is 12.3 Å². The van der Waals surface area contributed by atoms with E-state index in [1.165, 1.54) is 0 Å². The van der Waals surface area contributed by atoms with Crippen LogP contribution < -0.4 is 5.32 Å². The van der Waals surface area contributed by atoms with Gasteiger partial charge in [-0.25, -0.2) is 0 Å². The molecule has 94 valence electrons. The van der Waals surface area contributed by atoms with Gasteiger partial charge in [-0.3, -0.25) is 9.48 Å². The number of hydrogen-bond acceptors (Lipinski definition) is 3. The number of hydrogen-bond donors (Lipinski definition) is 1. The predicted molar refractivity (Wildman–Crippen MR) is 65.3 cm³/mol. The van der Waals surface area contributed by atoms with E-state index in [4.69, 9.17) is 0 Å². The highest BCUT2D eigenvalue weighted by Crippen LogP contribution is 2.15. The van der Waals surface area contributed by atoms with E-state index in [9.17, 15) is 4.79 Å². The molecule has 17 heavy (non-hydrogen) atoms. The molecule has 0 bridgehead atoms. The third-order valence-corrected chi connectivity index (χ3v) is 3.11. The first-order chi connectivity index (χ1) is 8.08. The fourth-order valence-corrected chi connectivity index (χ4v) is 2.20. The van der Waals surface area contributed by atoms with E-state index in [1.54, 1.807) is 6.20 Å². The van der Waals surface area contributed by atoms with Crippen LogP contribution in [0.25, 0.3) is 0 Å². The van der Waals surface area contributed by atoms with Crippen molar-refractivity contribution in [3.63, 3.8) is 0 Å². The number of aryl methyl sites for hydroxylation is 1. The van der Waals surface area contributed by atoms with E-state index in [-0.39, 0.29) is 11.9 Å². The fraction of sp³-hybridized carbons (Fsp3) is 0.667. The Hall–Kier alpha value is -1.36. The average molecular weight is 236 g/mol. The molecule has 1 N–H and O–H groups in total. The molecule has 1 aliphatic heterocycles. The summed E-state index contributed by atoms with van der Waals surface area (Å²) in [5.74, 6) is 0.208. The summed E-state index contributed by atoms with van der Waals surface area (Å²) >= 11 is 0.